The first-order valence-corrected chi connectivity index (χ1v) is 10.5. The molecule has 2 aromatic carbocycles. The van der Waals surface area contributed by atoms with E-state index in [2.05, 4.69) is 29.5 Å². The van der Waals surface area contributed by atoms with Crippen LogP contribution in [0.15, 0.2) is 52.8 Å². The van der Waals surface area contributed by atoms with Crippen molar-refractivity contribution >= 4 is 29.1 Å². The van der Waals surface area contributed by atoms with Gasteiger partial charge in [0.25, 0.3) is 11.8 Å². The Kier molecular flexibility index (Phi) is 5.99. The van der Waals surface area contributed by atoms with Crippen LogP contribution in [0.2, 0.25) is 0 Å². The van der Waals surface area contributed by atoms with Gasteiger partial charge in [-0.2, -0.15) is 5.11 Å². The molecule has 0 aromatic heterocycles. The summed E-state index contributed by atoms with van der Waals surface area (Å²) in [6.07, 6.45) is 0. The lowest BCUT2D eigenvalue weighted by atomic mass is 10.0. The highest BCUT2D eigenvalue weighted by Crippen LogP contribution is 2.36. The van der Waals surface area contributed by atoms with Crippen molar-refractivity contribution in [1.29, 1.82) is 0 Å². The SMILES string of the molecule is COc1ccc(N2C(=O)[C@H]3N=NN(CC(=O)Nc4ccc(C(C)C)cc4)[C@H]3C2=O)cc1OC. The van der Waals surface area contributed by atoms with Crippen LogP contribution in [0.1, 0.15) is 25.3 Å². The summed E-state index contributed by atoms with van der Waals surface area (Å²) in [5.41, 5.74) is 2.13. The van der Waals surface area contributed by atoms with Crippen LogP contribution in [-0.2, 0) is 14.4 Å². The highest BCUT2D eigenvalue weighted by atomic mass is 16.5. The highest BCUT2D eigenvalue weighted by molar-refractivity contribution is 6.25. The maximum Gasteiger partial charge on any atom is 0.263 e. The lowest BCUT2D eigenvalue weighted by Gasteiger charge is -2.20. The van der Waals surface area contributed by atoms with Gasteiger partial charge in [-0.1, -0.05) is 31.2 Å². The molecule has 172 valence electrons. The third-order valence-electron chi connectivity index (χ3n) is 5.65. The van der Waals surface area contributed by atoms with Crippen molar-refractivity contribution in [2.24, 2.45) is 10.3 Å². The number of nitrogens with zero attached hydrogens (tertiary/aromatic N) is 4. The Morgan fingerprint density at radius 2 is 1.73 bits per heavy atom. The Labute approximate surface area is 191 Å². The van der Waals surface area contributed by atoms with Gasteiger partial charge in [-0.15, -0.1) is 0 Å². The van der Waals surface area contributed by atoms with Crippen LogP contribution in [0, 0.1) is 0 Å². The Bertz CT molecular complexity index is 1110. The Morgan fingerprint density at radius 1 is 1.03 bits per heavy atom. The first kappa shape index (κ1) is 22.3. The number of benzene rings is 2. The van der Waals surface area contributed by atoms with Crippen molar-refractivity contribution in [2.45, 2.75) is 31.8 Å². The molecule has 3 amide bonds. The summed E-state index contributed by atoms with van der Waals surface area (Å²) in [4.78, 5) is 39.7. The summed E-state index contributed by atoms with van der Waals surface area (Å²) in [6.45, 7) is 3.97. The van der Waals surface area contributed by atoms with E-state index < -0.39 is 23.9 Å². The molecule has 10 nitrogen and oxygen atoms in total. The summed E-state index contributed by atoms with van der Waals surface area (Å²) in [5.74, 6) is -0.133. The third kappa shape index (κ3) is 4.11. The van der Waals surface area contributed by atoms with Crippen molar-refractivity contribution in [3.63, 3.8) is 0 Å². The lowest BCUT2D eigenvalue weighted by Crippen LogP contribution is -2.43. The quantitative estimate of drug-likeness (QED) is 0.648. The molecule has 2 heterocycles. The van der Waals surface area contributed by atoms with Crippen molar-refractivity contribution < 1.29 is 23.9 Å². The molecule has 10 heteroatoms. The van der Waals surface area contributed by atoms with E-state index in [1.807, 2.05) is 24.3 Å². The third-order valence-corrected chi connectivity index (χ3v) is 5.65. The number of amides is 3. The first-order chi connectivity index (χ1) is 15.8. The van der Waals surface area contributed by atoms with Crippen LogP contribution in [0.4, 0.5) is 11.4 Å². The molecule has 33 heavy (non-hydrogen) atoms. The Balaban J connectivity index is 1.47. The van der Waals surface area contributed by atoms with Crippen molar-refractivity contribution in [3.8, 4) is 11.5 Å². The number of carbonyl (C=O) groups excluding carboxylic acids is 3. The number of anilines is 2. The van der Waals surface area contributed by atoms with Crippen LogP contribution in [-0.4, -0.2) is 55.6 Å². The molecule has 1 fully saturated rings. The van der Waals surface area contributed by atoms with Gasteiger partial charge in [0.05, 0.1) is 19.9 Å². The van der Waals surface area contributed by atoms with E-state index in [0.29, 0.717) is 28.8 Å². The standard InChI is InChI=1S/C23H25N5O5/c1-13(2)14-5-7-15(8-6-14)24-19(29)12-27-21-20(25-26-27)22(30)28(23(21)31)16-9-10-17(32-3)18(11-16)33-4/h5-11,13,20-21H,12H2,1-4H3,(H,24,29)/t20-,21+/m0/s1. The maximum atomic E-state index is 13.1. The van der Waals surface area contributed by atoms with E-state index in [0.717, 1.165) is 10.5 Å². The summed E-state index contributed by atoms with van der Waals surface area (Å²) in [6, 6.07) is 10.3. The Morgan fingerprint density at radius 3 is 2.36 bits per heavy atom. The molecular formula is C23H25N5O5. The monoisotopic (exact) mass is 451 g/mol. The zero-order valence-corrected chi connectivity index (χ0v) is 18.8. The minimum atomic E-state index is -0.997. The molecule has 4 rings (SSSR count). The van der Waals surface area contributed by atoms with Gasteiger partial charge in [0.15, 0.2) is 23.6 Å². The average Bonchev–Trinajstić information content (AvgIpc) is 3.32. The predicted octanol–water partition coefficient (Wildman–Crippen LogP) is 2.76. The Hall–Kier alpha value is -3.95. The molecule has 0 bridgehead atoms. The number of hydrogen-bond donors (Lipinski definition) is 1. The van der Waals surface area contributed by atoms with Gasteiger partial charge >= 0.3 is 0 Å². The maximum absolute atomic E-state index is 13.1. The molecular weight excluding hydrogens is 426 g/mol. The zero-order valence-electron chi connectivity index (χ0n) is 18.8. The number of methoxy groups -OCH3 is 2. The van der Waals surface area contributed by atoms with Crippen LogP contribution in [0.3, 0.4) is 0 Å². The summed E-state index contributed by atoms with van der Waals surface area (Å²) >= 11 is 0. The minimum Gasteiger partial charge on any atom is -0.493 e. The van der Waals surface area contributed by atoms with E-state index in [-0.39, 0.29) is 12.5 Å². The van der Waals surface area contributed by atoms with Crippen LogP contribution in [0.5, 0.6) is 11.5 Å². The molecule has 2 aromatic rings. The van der Waals surface area contributed by atoms with E-state index in [9.17, 15) is 14.4 Å². The van der Waals surface area contributed by atoms with Crippen molar-refractivity contribution in [1.82, 2.24) is 5.01 Å². The average molecular weight is 451 g/mol. The second kappa shape index (κ2) is 8.89. The van der Waals surface area contributed by atoms with Gasteiger partial charge in [-0.05, 0) is 35.7 Å². The van der Waals surface area contributed by atoms with Gasteiger partial charge in [0.1, 0.15) is 6.54 Å². The topological polar surface area (TPSA) is 113 Å². The molecule has 2 aliphatic heterocycles. The number of carbonyl (C=O) groups is 3. The smallest absolute Gasteiger partial charge is 0.263 e. The molecule has 2 aliphatic rings. The fraction of sp³-hybridized carbons (Fsp3) is 0.348. The van der Waals surface area contributed by atoms with Gasteiger partial charge in [-0.25, -0.2) is 4.90 Å². The van der Waals surface area contributed by atoms with Crippen LogP contribution < -0.4 is 19.7 Å². The minimum absolute atomic E-state index is 0.213. The second-order valence-corrected chi connectivity index (χ2v) is 8.07. The van der Waals surface area contributed by atoms with Gasteiger partial charge < -0.3 is 14.8 Å². The fourth-order valence-electron chi connectivity index (χ4n) is 3.87. The predicted molar refractivity (Wildman–Crippen MR) is 120 cm³/mol. The lowest BCUT2D eigenvalue weighted by molar-refractivity contribution is -0.123. The van der Waals surface area contributed by atoms with Crippen LogP contribution >= 0.6 is 0 Å². The second-order valence-electron chi connectivity index (χ2n) is 8.07. The largest absolute Gasteiger partial charge is 0.493 e. The number of fused-ring (bicyclic) bond motifs is 1. The number of hydrogen-bond acceptors (Lipinski definition) is 8. The number of rotatable bonds is 7. The summed E-state index contributed by atoms with van der Waals surface area (Å²) < 4.78 is 10.5. The molecule has 0 spiro atoms. The first-order valence-electron chi connectivity index (χ1n) is 10.5. The molecule has 0 radical (unpaired) electrons. The van der Waals surface area contributed by atoms with E-state index in [4.69, 9.17) is 9.47 Å². The van der Waals surface area contributed by atoms with Gasteiger partial charge in [0.2, 0.25) is 5.91 Å². The van der Waals surface area contributed by atoms with Gasteiger partial charge in [-0.3, -0.25) is 19.4 Å². The summed E-state index contributed by atoms with van der Waals surface area (Å²) in [5, 5.41) is 11.9. The normalized spacial score (nSPS) is 19.3. The molecule has 0 saturated carbocycles. The molecule has 1 N–H and O–H groups in total. The molecule has 0 unspecified atom stereocenters. The van der Waals surface area contributed by atoms with Gasteiger partial charge in [0, 0.05) is 11.8 Å². The number of ether oxygens (including phenoxy) is 2. The summed E-state index contributed by atoms with van der Waals surface area (Å²) in [7, 11) is 2.96. The molecule has 1 saturated heterocycles. The molecule has 2 atom stereocenters. The highest BCUT2D eigenvalue weighted by Gasteiger charge is 2.55. The van der Waals surface area contributed by atoms with Crippen LogP contribution in [0.25, 0.3) is 0 Å². The zero-order chi connectivity index (χ0) is 23.7. The number of nitrogens with one attached hydrogen (secondary N) is 1. The number of imide groups is 1. The van der Waals surface area contributed by atoms with E-state index >= 15 is 0 Å². The van der Waals surface area contributed by atoms with E-state index in [1.165, 1.54) is 19.2 Å². The molecule has 0 aliphatic carbocycles. The fourth-order valence-corrected chi connectivity index (χ4v) is 3.87. The van der Waals surface area contributed by atoms with Crippen molar-refractivity contribution in [3.05, 3.63) is 48.0 Å². The van der Waals surface area contributed by atoms with Crippen molar-refractivity contribution in [2.75, 3.05) is 31.0 Å². The van der Waals surface area contributed by atoms with E-state index in [1.54, 1.807) is 18.2 Å².